The molecule has 1 amide bonds. The van der Waals surface area contributed by atoms with E-state index < -0.39 is 0 Å². The fraction of sp³-hybridized carbons (Fsp3) is 0.267. The van der Waals surface area contributed by atoms with E-state index in [1.165, 1.54) is 9.75 Å². The van der Waals surface area contributed by atoms with Crippen molar-refractivity contribution in [3.8, 4) is 0 Å². The summed E-state index contributed by atoms with van der Waals surface area (Å²) in [6.07, 6.45) is 1.71. The third-order valence-electron chi connectivity index (χ3n) is 2.58. The zero-order chi connectivity index (χ0) is 13.7. The lowest BCUT2D eigenvalue weighted by Gasteiger charge is -2.20. The van der Waals surface area contributed by atoms with Gasteiger partial charge in [-0.05, 0) is 36.7 Å². The van der Waals surface area contributed by atoms with Crippen LogP contribution in [0.25, 0.3) is 0 Å². The van der Waals surface area contributed by atoms with Gasteiger partial charge in [0.15, 0.2) is 0 Å². The molecule has 0 aliphatic carbocycles. The Hall–Kier alpha value is -1.39. The number of thiophene rings is 2. The maximum absolute atomic E-state index is 12.3. The van der Waals surface area contributed by atoms with Crippen molar-refractivity contribution in [2.45, 2.75) is 26.9 Å². The van der Waals surface area contributed by atoms with E-state index >= 15 is 0 Å². The summed E-state index contributed by atoms with van der Waals surface area (Å²) in [5.74, 6) is 0.0850. The highest BCUT2D eigenvalue weighted by molar-refractivity contribution is 7.10. The van der Waals surface area contributed by atoms with Crippen LogP contribution in [0.4, 0.5) is 0 Å². The molecule has 2 nitrogen and oxygen atoms in total. The molecule has 0 spiro atoms. The molecule has 0 saturated carbocycles. The van der Waals surface area contributed by atoms with Gasteiger partial charge in [0.05, 0.1) is 13.1 Å². The number of allylic oxidation sites excluding steroid dienone is 1. The van der Waals surface area contributed by atoms with Gasteiger partial charge >= 0.3 is 0 Å². The smallest absolute Gasteiger partial charge is 0.247 e. The van der Waals surface area contributed by atoms with Crippen molar-refractivity contribution in [3.63, 3.8) is 0 Å². The zero-order valence-corrected chi connectivity index (χ0v) is 12.8. The van der Waals surface area contributed by atoms with E-state index in [2.05, 4.69) is 12.1 Å². The summed E-state index contributed by atoms with van der Waals surface area (Å²) in [7, 11) is 0. The maximum atomic E-state index is 12.3. The Morgan fingerprint density at radius 1 is 1.11 bits per heavy atom. The van der Waals surface area contributed by atoms with Crippen LogP contribution in [-0.4, -0.2) is 10.8 Å². The largest absolute Gasteiger partial charge is 0.329 e. The quantitative estimate of drug-likeness (QED) is 0.752. The van der Waals surface area contributed by atoms with E-state index in [1.54, 1.807) is 28.7 Å². The molecule has 0 saturated heterocycles. The lowest BCUT2D eigenvalue weighted by molar-refractivity contribution is -0.127. The molecular weight excluding hydrogens is 274 g/mol. The number of nitrogens with zero attached hydrogens (tertiary/aromatic N) is 1. The maximum Gasteiger partial charge on any atom is 0.247 e. The highest BCUT2D eigenvalue weighted by Crippen LogP contribution is 2.17. The third-order valence-corrected chi connectivity index (χ3v) is 4.30. The number of hydrogen-bond acceptors (Lipinski definition) is 3. The summed E-state index contributed by atoms with van der Waals surface area (Å²) < 4.78 is 0. The summed E-state index contributed by atoms with van der Waals surface area (Å²) in [4.78, 5) is 16.6. The monoisotopic (exact) mass is 291 g/mol. The molecule has 2 aromatic rings. The first-order valence-corrected chi connectivity index (χ1v) is 7.89. The predicted octanol–water partition coefficient (Wildman–Crippen LogP) is 4.30. The Labute approximate surface area is 122 Å². The highest BCUT2D eigenvalue weighted by atomic mass is 32.1. The minimum absolute atomic E-state index is 0.0850. The van der Waals surface area contributed by atoms with Crippen LogP contribution < -0.4 is 0 Å². The van der Waals surface area contributed by atoms with Crippen molar-refractivity contribution in [3.05, 3.63) is 56.4 Å². The van der Waals surface area contributed by atoms with Gasteiger partial charge in [-0.15, -0.1) is 22.7 Å². The predicted molar refractivity (Wildman–Crippen MR) is 82.3 cm³/mol. The van der Waals surface area contributed by atoms with Gasteiger partial charge in [0.25, 0.3) is 0 Å². The van der Waals surface area contributed by atoms with Crippen LogP contribution in [0.2, 0.25) is 0 Å². The molecule has 2 rings (SSSR count). The van der Waals surface area contributed by atoms with Crippen molar-refractivity contribution in [2.24, 2.45) is 0 Å². The van der Waals surface area contributed by atoms with Gasteiger partial charge < -0.3 is 4.90 Å². The van der Waals surface area contributed by atoms with Crippen LogP contribution in [0.5, 0.6) is 0 Å². The molecule has 100 valence electrons. The molecule has 0 fully saturated rings. The topological polar surface area (TPSA) is 20.3 Å². The Morgan fingerprint density at radius 2 is 1.63 bits per heavy atom. The molecule has 0 unspecified atom stereocenters. The van der Waals surface area contributed by atoms with Crippen LogP contribution in [0, 0.1) is 0 Å². The fourth-order valence-electron chi connectivity index (χ4n) is 1.73. The molecule has 19 heavy (non-hydrogen) atoms. The van der Waals surface area contributed by atoms with E-state index in [1.807, 2.05) is 41.6 Å². The second kappa shape index (κ2) is 6.68. The molecule has 0 N–H and O–H groups in total. The number of rotatable bonds is 5. The summed E-state index contributed by atoms with van der Waals surface area (Å²) in [6, 6.07) is 8.19. The van der Waals surface area contributed by atoms with Gasteiger partial charge in [-0.1, -0.05) is 17.7 Å². The third kappa shape index (κ3) is 4.33. The highest BCUT2D eigenvalue weighted by Gasteiger charge is 2.13. The average molecular weight is 291 g/mol. The molecule has 2 aromatic heterocycles. The molecule has 0 aliphatic rings. The van der Waals surface area contributed by atoms with Crippen molar-refractivity contribution in [1.82, 2.24) is 4.90 Å². The van der Waals surface area contributed by atoms with E-state index in [0.29, 0.717) is 13.1 Å². The van der Waals surface area contributed by atoms with Crippen molar-refractivity contribution in [2.75, 3.05) is 0 Å². The summed E-state index contributed by atoms with van der Waals surface area (Å²) in [5.41, 5.74) is 1.03. The fourth-order valence-corrected chi connectivity index (χ4v) is 3.17. The van der Waals surface area contributed by atoms with Crippen LogP contribution in [0.15, 0.2) is 46.7 Å². The Morgan fingerprint density at radius 3 is 2.00 bits per heavy atom. The van der Waals surface area contributed by atoms with Crippen LogP contribution in [-0.2, 0) is 17.9 Å². The molecular formula is C15H17NOS2. The Kier molecular flexibility index (Phi) is 4.93. The molecule has 0 aromatic carbocycles. The minimum Gasteiger partial charge on any atom is -0.329 e. The van der Waals surface area contributed by atoms with E-state index in [-0.39, 0.29) is 5.91 Å². The number of amides is 1. The first-order chi connectivity index (χ1) is 9.15. The molecule has 0 atom stereocenters. The second-order valence-corrected chi connectivity index (χ2v) is 6.64. The molecule has 4 heteroatoms. The normalized spacial score (nSPS) is 10.2. The van der Waals surface area contributed by atoms with Crippen molar-refractivity contribution < 1.29 is 4.79 Å². The van der Waals surface area contributed by atoms with Crippen molar-refractivity contribution in [1.29, 1.82) is 0 Å². The lowest BCUT2D eigenvalue weighted by atomic mass is 10.3. The van der Waals surface area contributed by atoms with Gasteiger partial charge in [0, 0.05) is 15.8 Å². The van der Waals surface area contributed by atoms with Gasteiger partial charge in [-0.25, -0.2) is 0 Å². The molecule has 0 radical (unpaired) electrons. The van der Waals surface area contributed by atoms with Gasteiger partial charge in [-0.3, -0.25) is 4.79 Å². The Bertz CT molecular complexity index is 500. The van der Waals surface area contributed by atoms with E-state index in [9.17, 15) is 4.79 Å². The summed E-state index contributed by atoms with van der Waals surface area (Å²) in [6.45, 7) is 5.26. The average Bonchev–Trinajstić information content (AvgIpc) is 2.99. The summed E-state index contributed by atoms with van der Waals surface area (Å²) >= 11 is 3.38. The van der Waals surface area contributed by atoms with Gasteiger partial charge in [-0.2, -0.15) is 0 Å². The summed E-state index contributed by atoms with van der Waals surface area (Å²) in [5, 5.41) is 4.09. The van der Waals surface area contributed by atoms with Crippen molar-refractivity contribution >= 4 is 28.6 Å². The molecule has 0 bridgehead atoms. The van der Waals surface area contributed by atoms with Crippen LogP contribution >= 0.6 is 22.7 Å². The molecule has 0 aliphatic heterocycles. The standard InChI is InChI=1S/C15H17NOS2/c1-12(2)9-15(17)16(10-13-5-3-7-18-13)11-14-6-4-8-19-14/h3-9H,10-11H2,1-2H3. The van der Waals surface area contributed by atoms with Gasteiger partial charge in [0.1, 0.15) is 0 Å². The van der Waals surface area contributed by atoms with E-state index in [4.69, 9.17) is 0 Å². The zero-order valence-electron chi connectivity index (χ0n) is 11.1. The number of carbonyl (C=O) groups is 1. The van der Waals surface area contributed by atoms with Crippen LogP contribution in [0.1, 0.15) is 23.6 Å². The molecule has 2 heterocycles. The number of hydrogen-bond donors (Lipinski definition) is 0. The SMILES string of the molecule is CC(C)=CC(=O)N(Cc1cccs1)Cc1cccs1. The van der Waals surface area contributed by atoms with Gasteiger partial charge in [0.2, 0.25) is 5.91 Å². The lowest BCUT2D eigenvalue weighted by Crippen LogP contribution is -2.28. The second-order valence-electron chi connectivity index (χ2n) is 4.57. The Balaban J connectivity index is 2.12. The first kappa shape index (κ1) is 14.0. The van der Waals surface area contributed by atoms with Crippen LogP contribution in [0.3, 0.4) is 0 Å². The van der Waals surface area contributed by atoms with E-state index in [0.717, 1.165) is 5.57 Å². The first-order valence-electron chi connectivity index (χ1n) is 6.13. The minimum atomic E-state index is 0.0850. The number of carbonyl (C=O) groups excluding carboxylic acids is 1.